The molecule has 1 aliphatic rings. The van der Waals surface area contributed by atoms with E-state index in [0.717, 1.165) is 17.6 Å². The number of fused-ring (bicyclic) bond motifs is 3. The van der Waals surface area contributed by atoms with Gasteiger partial charge in [0, 0.05) is 23.0 Å². The molecule has 0 saturated heterocycles. The van der Waals surface area contributed by atoms with Gasteiger partial charge in [-0.3, -0.25) is 4.57 Å². The summed E-state index contributed by atoms with van der Waals surface area (Å²) in [6.07, 6.45) is 4.20. The van der Waals surface area contributed by atoms with Gasteiger partial charge in [0.2, 0.25) is 0 Å². The van der Waals surface area contributed by atoms with Crippen molar-refractivity contribution in [2.75, 3.05) is 5.32 Å². The largest absolute Gasteiger partial charge is 0.382 e. The molecule has 4 rings (SSSR count). The van der Waals surface area contributed by atoms with E-state index in [1.54, 1.807) is 0 Å². The highest BCUT2D eigenvalue weighted by molar-refractivity contribution is 5.86. The molecule has 0 fully saturated rings. The van der Waals surface area contributed by atoms with Crippen LogP contribution in [0.15, 0.2) is 48.8 Å². The van der Waals surface area contributed by atoms with E-state index in [2.05, 4.69) is 58.2 Å². The normalized spacial score (nSPS) is 17.8. The highest BCUT2D eigenvalue weighted by Crippen LogP contribution is 2.31. The van der Waals surface area contributed by atoms with Gasteiger partial charge in [0.1, 0.15) is 6.33 Å². The van der Waals surface area contributed by atoms with Gasteiger partial charge in [0.25, 0.3) is 0 Å². The first-order valence-corrected chi connectivity index (χ1v) is 7.14. The molecular formula is C17H17N3. The van der Waals surface area contributed by atoms with Gasteiger partial charge in [-0.15, -0.1) is 0 Å². The highest BCUT2D eigenvalue weighted by Gasteiger charge is 2.18. The molecule has 1 aliphatic heterocycles. The average molecular weight is 263 g/mol. The predicted octanol–water partition coefficient (Wildman–Crippen LogP) is 3.77. The second-order valence-corrected chi connectivity index (χ2v) is 5.49. The first-order chi connectivity index (χ1) is 9.83. The van der Waals surface area contributed by atoms with Crippen molar-refractivity contribution >= 4 is 16.7 Å². The predicted molar refractivity (Wildman–Crippen MR) is 82.5 cm³/mol. The summed E-state index contributed by atoms with van der Waals surface area (Å²) in [5.41, 5.74) is 6.08. The third-order valence-corrected chi connectivity index (χ3v) is 4.09. The molecule has 3 nitrogen and oxygen atoms in total. The lowest BCUT2D eigenvalue weighted by atomic mass is 9.98. The molecule has 2 heterocycles. The molecule has 0 spiro atoms. The topological polar surface area (TPSA) is 29.9 Å². The summed E-state index contributed by atoms with van der Waals surface area (Å²) in [5.74, 6) is 0. The van der Waals surface area contributed by atoms with E-state index >= 15 is 0 Å². The summed E-state index contributed by atoms with van der Waals surface area (Å²) >= 11 is 0. The molecule has 3 heteroatoms. The second-order valence-electron chi connectivity index (χ2n) is 5.49. The molecule has 0 aliphatic carbocycles. The SMILES string of the molecule is CC1CCc2c(ccc3c2ncn3-c2ccccc2)N1. The van der Waals surface area contributed by atoms with Gasteiger partial charge in [0.05, 0.1) is 11.0 Å². The molecule has 1 aromatic heterocycles. The van der Waals surface area contributed by atoms with Crippen molar-refractivity contribution in [3.8, 4) is 5.69 Å². The van der Waals surface area contributed by atoms with Crippen molar-refractivity contribution in [3.05, 3.63) is 54.4 Å². The van der Waals surface area contributed by atoms with Crippen LogP contribution in [0.1, 0.15) is 18.9 Å². The molecule has 0 bridgehead atoms. The van der Waals surface area contributed by atoms with Crippen molar-refractivity contribution in [2.24, 2.45) is 0 Å². The molecule has 2 aromatic carbocycles. The summed E-state index contributed by atoms with van der Waals surface area (Å²) in [7, 11) is 0. The van der Waals surface area contributed by atoms with E-state index in [1.165, 1.54) is 23.2 Å². The summed E-state index contributed by atoms with van der Waals surface area (Å²) < 4.78 is 2.16. The Labute approximate surface area is 118 Å². The van der Waals surface area contributed by atoms with Gasteiger partial charge in [-0.05, 0) is 44.0 Å². The third kappa shape index (κ3) is 1.70. The van der Waals surface area contributed by atoms with E-state index in [-0.39, 0.29) is 0 Å². The number of nitrogens with zero attached hydrogens (tertiary/aromatic N) is 2. The standard InChI is InChI=1S/C17H17N3/c1-12-7-8-14-15(19-12)9-10-16-17(14)18-11-20(16)13-5-3-2-4-6-13/h2-6,9-12,19H,7-8H2,1H3. The molecule has 1 atom stereocenters. The van der Waals surface area contributed by atoms with Gasteiger partial charge in [-0.25, -0.2) is 4.98 Å². The highest BCUT2D eigenvalue weighted by atomic mass is 15.1. The maximum Gasteiger partial charge on any atom is 0.100 e. The number of aryl methyl sites for hydroxylation is 1. The van der Waals surface area contributed by atoms with Gasteiger partial charge in [-0.1, -0.05) is 18.2 Å². The van der Waals surface area contributed by atoms with Crippen LogP contribution in [0.2, 0.25) is 0 Å². The molecule has 1 N–H and O–H groups in total. The minimum atomic E-state index is 0.552. The van der Waals surface area contributed by atoms with E-state index in [1.807, 2.05) is 12.4 Å². The zero-order valence-electron chi connectivity index (χ0n) is 11.5. The Bertz CT molecular complexity index is 759. The van der Waals surface area contributed by atoms with Crippen LogP contribution in [0.3, 0.4) is 0 Å². The van der Waals surface area contributed by atoms with Gasteiger partial charge >= 0.3 is 0 Å². The number of hydrogen-bond acceptors (Lipinski definition) is 2. The maximum atomic E-state index is 4.66. The minimum absolute atomic E-state index is 0.552. The van der Waals surface area contributed by atoms with Gasteiger partial charge in [-0.2, -0.15) is 0 Å². The lowest BCUT2D eigenvalue weighted by molar-refractivity contribution is 0.683. The zero-order chi connectivity index (χ0) is 13.5. The van der Waals surface area contributed by atoms with E-state index in [9.17, 15) is 0 Å². The van der Waals surface area contributed by atoms with Crippen molar-refractivity contribution in [2.45, 2.75) is 25.8 Å². The molecule has 0 amide bonds. The lowest BCUT2D eigenvalue weighted by Crippen LogP contribution is -2.22. The number of rotatable bonds is 1. The lowest BCUT2D eigenvalue weighted by Gasteiger charge is -2.24. The molecule has 20 heavy (non-hydrogen) atoms. The Balaban J connectivity index is 1.91. The van der Waals surface area contributed by atoms with Crippen LogP contribution in [0, 0.1) is 0 Å². The Morgan fingerprint density at radius 3 is 2.85 bits per heavy atom. The van der Waals surface area contributed by atoms with Crippen LogP contribution in [0.5, 0.6) is 0 Å². The van der Waals surface area contributed by atoms with E-state index < -0.39 is 0 Å². The van der Waals surface area contributed by atoms with E-state index in [4.69, 9.17) is 0 Å². The number of imidazole rings is 1. The summed E-state index contributed by atoms with van der Waals surface area (Å²) in [5, 5.41) is 3.55. The molecular weight excluding hydrogens is 246 g/mol. The first-order valence-electron chi connectivity index (χ1n) is 7.14. The van der Waals surface area contributed by atoms with Crippen molar-refractivity contribution in [3.63, 3.8) is 0 Å². The Morgan fingerprint density at radius 2 is 2.00 bits per heavy atom. The Morgan fingerprint density at radius 1 is 1.15 bits per heavy atom. The quantitative estimate of drug-likeness (QED) is 0.724. The van der Waals surface area contributed by atoms with Gasteiger partial charge < -0.3 is 5.32 Å². The third-order valence-electron chi connectivity index (χ3n) is 4.09. The van der Waals surface area contributed by atoms with Crippen LogP contribution in [-0.2, 0) is 6.42 Å². The number of para-hydroxylation sites is 1. The number of nitrogens with one attached hydrogen (secondary N) is 1. The molecule has 0 saturated carbocycles. The molecule has 100 valence electrons. The fraction of sp³-hybridized carbons (Fsp3) is 0.235. The number of aromatic nitrogens is 2. The zero-order valence-corrected chi connectivity index (χ0v) is 11.5. The van der Waals surface area contributed by atoms with Crippen LogP contribution in [0.25, 0.3) is 16.7 Å². The minimum Gasteiger partial charge on any atom is -0.382 e. The number of hydrogen-bond donors (Lipinski definition) is 1. The first kappa shape index (κ1) is 11.5. The van der Waals surface area contributed by atoms with Crippen LogP contribution in [0.4, 0.5) is 5.69 Å². The van der Waals surface area contributed by atoms with E-state index in [0.29, 0.717) is 6.04 Å². The van der Waals surface area contributed by atoms with Crippen molar-refractivity contribution in [1.82, 2.24) is 9.55 Å². The summed E-state index contributed by atoms with van der Waals surface area (Å²) in [6.45, 7) is 2.23. The fourth-order valence-corrected chi connectivity index (χ4v) is 3.02. The fourth-order valence-electron chi connectivity index (χ4n) is 3.02. The number of benzene rings is 2. The van der Waals surface area contributed by atoms with Gasteiger partial charge in [0.15, 0.2) is 0 Å². The maximum absolute atomic E-state index is 4.66. The average Bonchev–Trinajstić information content (AvgIpc) is 2.92. The monoisotopic (exact) mass is 263 g/mol. The Hall–Kier alpha value is -2.29. The second kappa shape index (κ2) is 4.37. The molecule has 1 unspecified atom stereocenters. The molecule has 0 radical (unpaired) electrons. The van der Waals surface area contributed by atoms with Crippen LogP contribution < -0.4 is 5.32 Å². The summed E-state index contributed by atoms with van der Waals surface area (Å²) in [4.78, 5) is 4.66. The van der Waals surface area contributed by atoms with Crippen molar-refractivity contribution < 1.29 is 0 Å². The Kier molecular flexibility index (Phi) is 2.52. The van der Waals surface area contributed by atoms with Crippen LogP contribution >= 0.6 is 0 Å². The smallest absolute Gasteiger partial charge is 0.100 e. The summed E-state index contributed by atoms with van der Waals surface area (Å²) in [6, 6.07) is 15.3. The van der Waals surface area contributed by atoms with Crippen LogP contribution in [-0.4, -0.2) is 15.6 Å². The van der Waals surface area contributed by atoms with Crippen molar-refractivity contribution in [1.29, 1.82) is 0 Å². The number of anilines is 1. The molecule has 3 aromatic rings.